The number of ether oxygens (including phenoxy) is 3. The highest BCUT2D eigenvalue weighted by Gasteiger charge is 2.17. The maximum atomic E-state index is 12.5. The van der Waals surface area contributed by atoms with Crippen molar-refractivity contribution >= 4 is 11.6 Å². The molecular weight excluding hydrogens is 338 g/mol. The molecule has 9 heteroatoms. The lowest BCUT2D eigenvalue weighted by Gasteiger charge is -2.14. The van der Waals surface area contributed by atoms with E-state index < -0.39 is 0 Å². The average molecular weight is 355 g/mol. The second kappa shape index (κ2) is 7.51. The van der Waals surface area contributed by atoms with E-state index >= 15 is 0 Å². The van der Waals surface area contributed by atoms with Gasteiger partial charge in [-0.15, -0.1) is 0 Å². The predicted octanol–water partition coefficient (Wildman–Crippen LogP) is 1.94. The summed E-state index contributed by atoms with van der Waals surface area (Å²) in [5.41, 5.74) is 0.787. The van der Waals surface area contributed by atoms with Gasteiger partial charge in [0.05, 0.1) is 39.4 Å². The van der Waals surface area contributed by atoms with Crippen molar-refractivity contribution < 1.29 is 19.0 Å². The van der Waals surface area contributed by atoms with Crippen molar-refractivity contribution in [1.29, 1.82) is 0 Å². The van der Waals surface area contributed by atoms with Crippen LogP contribution >= 0.6 is 0 Å². The maximum absolute atomic E-state index is 12.5. The van der Waals surface area contributed by atoms with Crippen LogP contribution in [0.3, 0.4) is 0 Å². The minimum Gasteiger partial charge on any atom is -0.493 e. The van der Waals surface area contributed by atoms with Crippen LogP contribution in [0.25, 0.3) is 5.95 Å². The number of carbonyl (C=O) groups is 1. The lowest BCUT2D eigenvalue weighted by atomic mass is 10.1. The molecule has 2 heterocycles. The van der Waals surface area contributed by atoms with Crippen LogP contribution in [0.5, 0.6) is 17.2 Å². The number of benzene rings is 1. The summed E-state index contributed by atoms with van der Waals surface area (Å²) in [6.07, 6.45) is 6.35. The molecule has 0 saturated carbocycles. The van der Waals surface area contributed by atoms with E-state index in [4.69, 9.17) is 14.2 Å². The Morgan fingerprint density at radius 2 is 1.69 bits per heavy atom. The number of nitrogens with one attached hydrogen (secondary N) is 1. The molecular formula is C17H17N5O4. The van der Waals surface area contributed by atoms with Gasteiger partial charge in [-0.2, -0.15) is 5.10 Å². The summed E-state index contributed by atoms with van der Waals surface area (Å²) < 4.78 is 17.3. The van der Waals surface area contributed by atoms with Gasteiger partial charge in [-0.1, -0.05) is 0 Å². The molecule has 0 atom stereocenters. The van der Waals surface area contributed by atoms with E-state index in [-0.39, 0.29) is 5.91 Å². The number of anilines is 1. The number of nitrogens with zero attached hydrogens (tertiary/aromatic N) is 4. The number of carbonyl (C=O) groups excluding carboxylic acids is 1. The molecule has 1 amide bonds. The fourth-order valence-corrected chi connectivity index (χ4v) is 2.31. The molecule has 2 aromatic heterocycles. The van der Waals surface area contributed by atoms with Crippen LogP contribution in [0.4, 0.5) is 5.69 Å². The Bertz CT molecular complexity index is 869. The van der Waals surface area contributed by atoms with Gasteiger partial charge in [0, 0.05) is 18.0 Å². The molecule has 0 aliphatic carbocycles. The minimum absolute atomic E-state index is 0.343. The lowest BCUT2D eigenvalue weighted by molar-refractivity contribution is 0.102. The Morgan fingerprint density at radius 3 is 2.19 bits per heavy atom. The standard InChI is InChI=1S/C17H17N5O4/c1-24-13-7-11(8-14(25-2)15(13)26-3)16(23)21-12-9-18-17(19-10-12)22-6-4-5-20-22/h4-10H,1-3H3,(H,21,23). The van der Waals surface area contributed by atoms with Crippen molar-refractivity contribution in [2.45, 2.75) is 0 Å². The lowest BCUT2D eigenvalue weighted by Crippen LogP contribution is -2.13. The normalized spacial score (nSPS) is 10.3. The monoisotopic (exact) mass is 355 g/mol. The molecule has 0 saturated heterocycles. The van der Waals surface area contributed by atoms with E-state index in [1.165, 1.54) is 38.4 Å². The molecule has 26 heavy (non-hydrogen) atoms. The van der Waals surface area contributed by atoms with Gasteiger partial charge in [0.25, 0.3) is 11.9 Å². The van der Waals surface area contributed by atoms with Crippen LogP contribution < -0.4 is 19.5 Å². The second-order valence-corrected chi connectivity index (χ2v) is 5.09. The van der Waals surface area contributed by atoms with E-state index in [2.05, 4.69) is 20.4 Å². The van der Waals surface area contributed by atoms with Crippen LogP contribution in [0.15, 0.2) is 43.0 Å². The Labute approximate surface area is 149 Å². The molecule has 0 radical (unpaired) electrons. The summed E-state index contributed by atoms with van der Waals surface area (Å²) in [6, 6.07) is 4.90. The van der Waals surface area contributed by atoms with Crippen LogP contribution in [0.1, 0.15) is 10.4 Å². The first kappa shape index (κ1) is 17.2. The minimum atomic E-state index is -0.361. The van der Waals surface area contributed by atoms with E-state index in [1.807, 2.05) is 0 Å². The van der Waals surface area contributed by atoms with Crippen LogP contribution in [-0.4, -0.2) is 47.0 Å². The van der Waals surface area contributed by atoms with E-state index in [9.17, 15) is 4.79 Å². The van der Waals surface area contributed by atoms with E-state index in [0.29, 0.717) is 34.4 Å². The van der Waals surface area contributed by atoms with Crippen LogP contribution in [0.2, 0.25) is 0 Å². The molecule has 0 aliphatic heterocycles. The molecule has 0 unspecified atom stereocenters. The highest BCUT2D eigenvalue weighted by molar-refractivity contribution is 6.05. The quantitative estimate of drug-likeness (QED) is 0.721. The zero-order valence-corrected chi connectivity index (χ0v) is 14.5. The Morgan fingerprint density at radius 1 is 1.04 bits per heavy atom. The third-order valence-corrected chi connectivity index (χ3v) is 3.53. The summed E-state index contributed by atoms with van der Waals surface area (Å²) in [5, 5.41) is 6.77. The van der Waals surface area contributed by atoms with Crippen molar-refractivity contribution in [2.75, 3.05) is 26.6 Å². The number of rotatable bonds is 6. The first-order valence-electron chi connectivity index (χ1n) is 7.59. The molecule has 3 aromatic rings. The van der Waals surface area contributed by atoms with Crippen LogP contribution in [0, 0.1) is 0 Å². The molecule has 0 fully saturated rings. The summed E-state index contributed by atoms with van der Waals surface area (Å²) in [7, 11) is 4.47. The van der Waals surface area contributed by atoms with Gasteiger partial charge >= 0.3 is 0 Å². The number of hydrogen-bond donors (Lipinski definition) is 1. The Hall–Kier alpha value is -3.62. The number of amides is 1. The topological polar surface area (TPSA) is 100 Å². The fourth-order valence-electron chi connectivity index (χ4n) is 2.31. The van der Waals surface area contributed by atoms with Crippen molar-refractivity contribution in [3.63, 3.8) is 0 Å². The molecule has 0 bridgehead atoms. The predicted molar refractivity (Wildman–Crippen MR) is 93.2 cm³/mol. The summed E-state index contributed by atoms with van der Waals surface area (Å²) >= 11 is 0. The van der Waals surface area contributed by atoms with Gasteiger partial charge in [-0.3, -0.25) is 4.79 Å². The third kappa shape index (κ3) is 3.41. The van der Waals surface area contributed by atoms with Gasteiger partial charge in [-0.25, -0.2) is 14.6 Å². The smallest absolute Gasteiger partial charge is 0.256 e. The first-order chi connectivity index (χ1) is 12.7. The summed E-state index contributed by atoms with van der Waals surface area (Å²) in [6.45, 7) is 0. The van der Waals surface area contributed by atoms with Crippen molar-refractivity contribution in [3.8, 4) is 23.2 Å². The highest BCUT2D eigenvalue weighted by Crippen LogP contribution is 2.38. The third-order valence-electron chi connectivity index (χ3n) is 3.53. The van der Waals surface area contributed by atoms with Crippen molar-refractivity contribution in [1.82, 2.24) is 19.7 Å². The molecule has 0 aliphatic rings. The molecule has 134 valence electrons. The molecule has 1 aromatic carbocycles. The van der Waals surface area contributed by atoms with Crippen molar-refractivity contribution in [2.24, 2.45) is 0 Å². The zero-order chi connectivity index (χ0) is 18.5. The Kier molecular flexibility index (Phi) is 4.97. The van der Waals surface area contributed by atoms with Crippen molar-refractivity contribution in [3.05, 3.63) is 48.5 Å². The molecule has 3 rings (SSSR count). The van der Waals surface area contributed by atoms with Gasteiger partial charge in [0.1, 0.15) is 0 Å². The molecule has 0 spiro atoms. The molecule has 9 nitrogen and oxygen atoms in total. The number of hydrogen-bond acceptors (Lipinski definition) is 7. The maximum Gasteiger partial charge on any atom is 0.256 e. The van der Waals surface area contributed by atoms with Gasteiger partial charge in [-0.05, 0) is 18.2 Å². The van der Waals surface area contributed by atoms with Gasteiger partial charge in [0.15, 0.2) is 11.5 Å². The van der Waals surface area contributed by atoms with Crippen LogP contribution in [-0.2, 0) is 0 Å². The second-order valence-electron chi connectivity index (χ2n) is 5.09. The average Bonchev–Trinajstić information content (AvgIpc) is 3.22. The summed E-state index contributed by atoms with van der Waals surface area (Å²) in [4.78, 5) is 20.9. The van der Waals surface area contributed by atoms with Gasteiger partial charge in [0.2, 0.25) is 5.75 Å². The van der Waals surface area contributed by atoms with Gasteiger partial charge < -0.3 is 19.5 Å². The fraction of sp³-hybridized carbons (Fsp3) is 0.176. The summed E-state index contributed by atoms with van der Waals surface area (Å²) in [5.74, 6) is 1.24. The number of aromatic nitrogens is 4. The van der Waals surface area contributed by atoms with E-state index in [0.717, 1.165) is 0 Å². The Balaban J connectivity index is 1.81. The number of methoxy groups -OCH3 is 3. The SMILES string of the molecule is COc1cc(C(=O)Nc2cnc(-n3cccn3)nc2)cc(OC)c1OC. The van der Waals surface area contributed by atoms with E-state index in [1.54, 1.807) is 30.6 Å². The molecule has 1 N–H and O–H groups in total. The first-order valence-corrected chi connectivity index (χ1v) is 7.59. The largest absolute Gasteiger partial charge is 0.493 e. The highest BCUT2D eigenvalue weighted by atomic mass is 16.5. The zero-order valence-electron chi connectivity index (χ0n) is 14.5.